The minimum atomic E-state index is 0.583. The first kappa shape index (κ1) is 12.7. The molecule has 1 atom stereocenters. The van der Waals surface area contributed by atoms with Gasteiger partial charge in [0, 0.05) is 17.0 Å². The topological polar surface area (TPSA) is 42.9 Å². The van der Waals surface area contributed by atoms with Gasteiger partial charge in [0.05, 0.1) is 6.54 Å². The van der Waals surface area contributed by atoms with Gasteiger partial charge >= 0.3 is 0 Å². The Balaban J connectivity index is 1.68. The summed E-state index contributed by atoms with van der Waals surface area (Å²) in [6, 6.07) is 5.91. The number of fused-ring (bicyclic) bond motifs is 1. The molecule has 3 rings (SSSR count). The van der Waals surface area contributed by atoms with Crippen LogP contribution in [-0.2, 0) is 0 Å². The number of ether oxygens (including phenoxy) is 2. The Labute approximate surface area is 117 Å². The van der Waals surface area contributed by atoms with Crippen molar-refractivity contribution in [3.8, 4) is 11.5 Å². The first-order valence-electron chi connectivity index (χ1n) is 6.60. The van der Waals surface area contributed by atoms with Gasteiger partial charge in [-0.2, -0.15) is 0 Å². The van der Waals surface area contributed by atoms with Crippen LogP contribution in [0.5, 0.6) is 11.5 Å². The minimum Gasteiger partial charge on any atom is -0.486 e. The van der Waals surface area contributed by atoms with Crippen LogP contribution >= 0.6 is 11.8 Å². The van der Waals surface area contributed by atoms with Gasteiger partial charge in [-0.25, -0.2) is 0 Å². The average Bonchev–Trinajstić information content (AvgIpc) is 2.87. The van der Waals surface area contributed by atoms with Crippen molar-refractivity contribution in [3.05, 3.63) is 18.2 Å². The monoisotopic (exact) mass is 278 g/mol. The molecule has 0 spiro atoms. The fourth-order valence-electron chi connectivity index (χ4n) is 2.05. The maximum absolute atomic E-state index is 5.58. The summed E-state index contributed by atoms with van der Waals surface area (Å²) < 4.78 is 11.1. The van der Waals surface area contributed by atoms with E-state index >= 15 is 0 Å². The Morgan fingerprint density at radius 1 is 1.26 bits per heavy atom. The van der Waals surface area contributed by atoms with Crippen molar-refractivity contribution in [3.63, 3.8) is 0 Å². The SMILES string of the molecule is CC(C)C1CN=C(Nc2ccc3c(c2)OCCO3)S1. The maximum atomic E-state index is 5.58. The number of benzene rings is 1. The van der Waals surface area contributed by atoms with E-state index in [-0.39, 0.29) is 0 Å². The van der Waals surface area contributed by atoms with Crippen LogP contribution in [0.3, 0.4) is 0 Å². The molecule has 19 heavy (non-hydrogen) atoms. The summed E-state index contributed by atoms with van der Waals surface area (Å²) in [7, 11) is 0. The van der Waals surface area contributed by atoms with Gasteiger partial charge < -0.3 is 14.8 Å². The molecule has 0 amide bonds. The summed E-state index contributed by atoms with van der Waals surface area (Å²) in [5, 5.41) is 4.93. The number of rotatable bonds is 2. The Kier molecular flexibility index (Phi) is 3.55. The zero-order chi connectivity index (χ0) is 13.2. The Bertz CT molecular complexity index is 502. The molecule has 0 saturated carbocycles. The van der Waals surface area contributed by atoms with E-state index in [2.05, 4.69) is 24.2 Å². The second-order valence-electron chi connectivity index (χ2n) is 5.03. The second-order valence-corrected chi connectivity index (χ2v) is 6.26. The van der Waals surface area contributed by atoms with Crippen molar-refractivity contribution in [2.75, 3.05) is 25.1 Å². The molecule has 5 heteroatoms. The van der Waals surface area contributed by atoms with E-state index < -0.39 is 0 Å². The highest BCUT2D eigenvalue weighted by Crippen LogP contribution is 2.34. The molecule has 4 nitrogen and oxygen atoms in total. The molecule has 1 unspecified atom stereocenters. The zero-order valence-electron chi connectivity index (χ0n) is 11.2. The first-order chi connectivity index (χ1) is 9.22. The van der Waals surface area contributed by atoms with Crippen LogP contribution in [0.15, 0.2) is 23.2 Å². The maximum Gasteiger partial charge on any atom is 0.163 e. The standard InChI is InChI=1S/C14H18N2O2S/c1-9(2)13-8-15-14(19-13)16-10-3-4-11-12(7-10)18-6-5-17-11/h3-4,7,9,13H,5-6,8H2,1-2H3,(H,15,16). The normalized spacial score (nSPS) is 21.4. The molecule has 1 N–H and O–H groups in total. The smallest absolute Gasteiger partial charge is 0.163 e. The van der Waals surface area contributed by atoms with Crippen LogP contribution in [0.1, 0.15) is 13.8 Å². The van der Waals surface area contributed by atoms with Crippen LogP contribution in [0, 0.1) is 5.92 Å². The number of nitrogens with zero attached hydrogens (tertiary/aromatic N) is 1. The van der Waals surface area contributed by atoms with Crippen molar-refractivity contribution < 1.29 is 9.47 Å². The van der Waals surface area contributed by atoms with Gasteiger partial charge in [-0.1, -0.05) is 25.6 Å². The van der Waals surface area contributed by atoms with Crippen LogP contribution in [0.4, 0.5) is 5.69 Å². The van der Waals surface area contributed by atoms with Crippen LogP contribution in [0.25, 0.3) is 0 Å². The first-order valence-corrected chi connectivity index (χ1v) is 7.48. The molecule has 0 aromatic heterocycles. The molecular weight excluding hydrogens is 260 g/mol. The molecule has 0 bridgehead atoms. The van der Waals surface area contributed by atoms with Gasteiger partial charge in [0.2, 0.25) is 0 Å². The summed E-state index contributed by atoms with van der Waals surface area (Å²) >= 11 is 1.82. The third kappa shape index (κ3) is 2.81. The van der Waals surface area contributed by atoms with E-state index in [0.29, 0.717) is 24.4 Å². The highest BCUT2D eigenvalue weighted by molar-refractivity contribution is 8.15. The molecule has 2 heterocycles. The second kappa shape index (κ2) is 5.33. The van der Waals surface area contributed by atoms with E-state index in [0.717, 1.165) is 28.9 Å². The van der Waals surface area contributed by atoms with Gasteiger partial charge in [-0.05, 0) is 18.1 Å². The number of aliphatic imine (C=N–C) groups is 1. The van der Waals surface area contributed by atoms with E-state index in [9.17, 15) is 0 Å². The van der Waals surface area contributed by atoms with E-state index in [4.69, 9.17) is 9.47 Å². The van der Waals surface area contributed by atoms with Gasteiger partial charge in [-0.3, -0.25) is 4.99 Å². The molecule has 0 radical (unpaired) electrons. The van der Waals surface area contributed by atoms with Crippen LogP contribution < -0.4 is 14.8 Å². The lowest BCUT2D eigenvalue weighted by Crippen LogP contribution is -2.16. The highest BCUT2D eigenvalue weighted by atomic mass is 32.2. The average molecular weight is 278 g/mol. The van der Waals surface area contributed by atoms with E-state index in [1.807, 2.05) is 30.0 Å². The predicted octanol–water partition coefficient (Wildman–Crippen LogP) is 3.00. The van der Waals surface area contributed by atoms with E-state index in [1.165, 1.54) is 0 Å². The number of anilines is 1. The molecule has 2 aliphatic heterocycles. The Hall–Kier alpha value is -1.36. The van der Waals surface area contributed by atoms with Crippen molar-refractivity contribution >= 4 is 22.6 Å². The molecule has 0 saturated heterocycles. The minimum absolute atomic E-state index is 0.583. The molecule has 1 aromatic rings. The van der Waals surface area contributed by atoms with Crippen molar-refractivity contribution in [2.45, 2.75) is 19.1 Å². The molecule has 2 aliphatic rings. The van der Waals surface area contributed by atoms with Crippen LogP contribution in [-0.4, -0.2) is 30.2 Å². The summed E-state index contributed by atoms with van der Waals surface area (Å²) in [5.41, 5.74) is 1.000. The Morgan fingerprint density at radius 3 is 2.79 bits per heavy atom. The Morgan fingerprint density at radius 2 is 2.05 bits per heavy atom. The van der Waals surface area contributed by atoms with Gasteiger partial charge in [0.1, 0.15) is 13.2 Å². The van der Waals surface area contributed by atoms with Gasteiger partial charge in [-0.15, -0.1) is 0 Å². The number of thioether (sulfide) groups is 1. The highest BCUT2D eigenvalue weighted by Gasteiger charge is 2.22. The van der Waals surface area contributed by atoms with Gasteiger partial charge in [0.15, 0.2) is 16.7 Å². The molecule has 102 valence electrons. The fraction of sp³-hybridized carbons (Fsp3) is 0.500. The third-order valence-electron chi connectivity index (χ3n) is 3.21. The summed E-state index contributed by atoms with van der Waals surface area (Å²) in [6.45, 7) is 6.61. The number of hydrogen-bond acceptors (Lipinski definition) is 5. The molecule has 0 aliphatic carbocycles. The van der Waals surface area contributed by atoms with E-state index in [1.54, 1.807) is 0 Å². The largest absolute Gasteiger partial charge is 0.486 e. The summed E-state index contributed by atoms with van der Waals surface area (Å²) in [5.74, 6) is 2.27. The number of amidine groups is 1. The summed E-state index contributed by atoms with van der Waals surface area (Å²) in [4.78, 5) is 4.54. The zero-order valence-corrected chi connectivity index (χ0v) is 12.0. The predicted molar refractivity (Wildman–Crippen MR) is 79.6 cm³/mol. The lowest BCUT2D eigenvalue weighted by molar-refractivity contribution is 0.171. The van der Waals surface area contributed by atoms with Crippen LogP contribution in [0.2, 0.25) is 0 Å². The molecule has 0 fully saturated rings. The van der Waals surface area contributed by atoms with Crippen molar-refractivity contribution in [2.24, 2.45) is 10.9 Å². The quantitative estimate of drug-likeness (QED) is 0.903. The fourth-order valence-corrected chi connectivity index (χ4v) is 3.09. The van der Waals surface area contributed by atoms with Gasteiger partial charge in [0.25, 0.3) is 0 Å². The lowest BCUT2D eigenvalue weighted by atomic mass is 10.1. The summed E-state index contributed by atoms with van der Waals surface area (Å²) in [6.07, 6.45) is 0. The molecule has 1 aromatic carbocycles. The third-order valence-corrected chi connectivity index (χ3v) is 4.67. The number of hydrogen-bond donors (Lipinski definition) is 1. The van der Waals surface area contributed by atoms with Crippen molar-refractivity contribution in [1.82, 2.24) is 0 Å². The lowest BCUT2D eigenvalue weighted by Gasteiger charge is -2.19. The van der Waals surface area contributed by atoms with Crippen molar-refractivity contribution in [1.29, 1.82) is 0 Å². The number of nitrogens with one attached hydrogen (secondary N) is 1. The molecular formula is C14H18N2O2S.